The van der Waals surface area contributed by atoms with Crippen molar-refractivity contribution in [3.8, 4) is 0 Å². The lowest BCUT2D eigenvalue weighted by atomic mass is 10.1. The summed E-state index contributed by atoms with van der Waals surface area (Å²) in [5, 5.41) is 8.56. The minimum atomic E-state index is -3.76. The smallest absolute Gasteiger partial charge is 0.305 e. The highest BCUT2D eigenvalue weighted by atomic mass is 32.2. The Morgan fingerprint density at radius 2 is 2.17 bits per heavy atom. The van der Waals surface area contributed by atoms with Crippen molar-refractivity contribution >= 4 is 27.3 Å². The van der Waals surface area contributed by atoms with Gasteiger partial charge in [-0.25, -0.2) is 13.1 Å². The Labute approximate surface area is 108 Å². The lowest BCUT2D eigenvalue weighted by molar-refractivity contribution is -0.137. The minimum absolute atomic E-state index is 0.0141. The third-order valence-electron chi connectivity index (χ3n) is 2.17. The fourth-order valence-corrected chi connectivity index (χ4v) is 3.84. The number of rotatable bonds is 6. The first-order valence-electron chi connectivity index (χ1n) is 5.13. The van der Waals surface area contributed by atoms with E-state index in [1.807, 2.05) is 0 Å². The molecular formula is C9H14N2O5S2. The van der Waals surface area contributed by atoms with Crippen LogP contribution in [0.25, 0.3) is 0 Å². The van der Waals surface area contributed by atoms with Crippen LogP contribution in [0, 0.1) is 12.8 Å². The van der Waals surface area contributed by atoms with Crippen LogP contribution in [0.2, 0.25) is 0 Å². The SMILES string of the molecule is Cc1[nH]c(=O)sc1S(=O)(=O)NCC(C)CC(=O)O. The number of H-pyrrole nitrogens is 1. The maximum Gasteiger partial charge on any atom is 0.305 e. The van der Waals surface area contributed by atoms with E-state index in [1.54, 1.807) is 6.92 Å². The molecule has 0 saturated carbocycles. The van der Waals surface area contributed by atoms with E-state index in [4.69, 9.17) is 5.11 Å². The monoisotopic (exact) mass is 294 g/mol. The molecule has 0 aliphatic heterocycles. The van der Waals surface area contributed by atoms with Crippen molar-refractivity contribution < 1.29 is 18.3 Å². The van der Waals surface area contributed by atoms with Crippen LogP contribution in [-0.4, -0.2) is 31.0 Å². The molecule has 0 aliphatic carbocycles. The van der Waals surface area contributed by atoms with E-state index in [9.17, 15) is 18.0 Å². The molecule has 3 N–H and O–H groups in total. The highest BCUT2D eigenvalue weighted by molar-refractivity contribution is 7.91. The average Bonchev–Trinajstić information content (AvgIpc) is 2.55. The summed E-state index contributed by atoms with van der Waals surface area (Å²) in [7, 11) is -3.76. The fraction of sp³-hybridized carbons (Fsp3) is 0.556. The number of hydrogen-bond donors (Lipinski definition) is 3. The van der Waals surface area contributed by atoms with Gasteiger partial charge in [0.25, 0.3) is 10.0 Å². The van der Waals surface area contributed by atoms with Crippen molar-refractivity contribution in [1.82, 2.24) is 9.71 Å². The highest BCUT2D eigenvalue weighted by Gasteiger charge is 2.21. The van der Waals surface area contributed by atoms with Crippen LogP contribution >= 0.6 is 11.3 Å². The maximum atomic E-state index is 11.8. The number of aromatic amines is 1. The number of aromatic nitrogens is 1. The molecule has 0 spiro atoms. The number of aryl methyl sites for hydroxylation is 1. The first kappa shape index (κ1) is 14.9. The van der Waals surface area contributed by atoms with E-state index in [2.05, 4.69) is 9.71 Å². The quantitative estimate of drug-likeness (QED) is 0.689. The molecule has 0 bridgehead atoms. The van der Waals surface area contributed by atoms with E-state index in [-0.39, 0.29) is 28.8 Å². The van der Waals surface area contributed by atoms with Crippen molar-refractivity contribution in [2.24, 2.45) is 5.92 Å². The predicted molar refractivity (Wildman–Crippen MR) is 66.3 cm³/mol. The minimum Gasteiger partial charge on any atom is -0.481 e. The summed E-state index contributed by atoms with van der Waals surface area (Å²) in [6.07, 6.45) is -0.120. The molecule has 0 amide bonds. The van der Waals surface area contributed by atoms with Gasteiger partial charge in [0.15, 0.2) is 4.21 Å². The van der Waals surface area contributed by atoms with Crippen LogP contribution in [0.3, 0.4) is 0 Å². The number of hydrogen-bond acceptors (Lipinski definition) is 5. The Morgan fingerprint density at radius 1 is 1.56 bits per heavy atom. The summed E-state index contributed by atoms with van der Waals surface area (Å²) >= 11 is 0.609. The summed E-state index contributed by atoms with van der Waals surface area (Å²) in [6.45, 7) is 3.14. The number of carboxylic acid groups (broad SMARTS) is 1. The predicted octanol–water partition coefficient (Wildman–Crippen LogP) is 0.134. The molecule has 9 heteroatoms. The molecule has 1 rings (SSSR count). The summed E-state index contributed by atoms with van der Waals surface area (Å²) in [6, 6.07) is 0. The van der Waals surface area contributed by atoms with Crippen molar-refractivity contribution in [1.29, 1.82) is 0 Å². The molecule has 1 aromatic rings. The second-order valence-corrected chi connectivity index (χ2v) is 6.93. The normalized spacial score (nSPS) is 13.4. The number of carboxylic acids is 1. The average molecular weight is 294 g/mol. The van der Waals surface area contributed by atoms with Gasteiger partial charge in [0.2, 0.25) is 0 Å². The molecule has 0 aromatic carbocycles. The molecule has 0 radical (unpaired) electrons. The van der Waals surface area contributed by atoms with Crippen molar-refractivity contribution in [2.75, 3.05) is 6.54 Å². The van der Waals surface area contributed by atoms with Crippen LogP contribution in [0.5, 0.6) is 0 Å². The molecule has 0 aliphatic rings. The number of nitrogens with one attached hydrogen (secondary N) is 2. The van der Waals surface area contributed by atoms with Gasteiger partial charge in [-0.2, -0.15) is 0 Å². The Hall–Kier alpha value is -1.19. The van der Waals surface area contributed by atoms with Gasteiger partial charge in [-0.3, -0.25) is 9.59 Å². The summed E-state index contributed by atoms with van der Waals surface area (Å²) in [5.74, 6) is -1.31. The summed E-state index contributed by atoms with van der Waals surface area (Å²) < 4.78 is 25.9. The third-order valence-corrected chi connectivity index (χ3v) is 5.20. The number of thiazole rings is 1. The molecule has 7 nitrogen and oxygen atoms in total. The van der Waals surface area contributed by atoms with Gasteiger partial charge in [-0.15, -0.1) is 0 Å². The van der Waals surface area contributed by atoms with Gasteiger partial charge >= 0.3 is 10.8 Å². The Balaban J connectivity index is 2.75. The first-order chi connectivity index (χ1) is 8.22. The van der Waals surface area contributed by atoms with Crippen LogP contribution in [-0.2, 0) is 14.8 Å². The second kappa shape index (κ2) is 5.63. The molecular weight excluding hydrogens is 280 g/mol. The van der Waals surface area contributed by atoms with Crippen LogP contribution in [0.4, 0.5) is 0 Å². The molecule has 18 heavy (non-hydrogen) atoms. The Kier molecular flexibility index (Phi) is 4.65. The van der Waals surface area contributed by atoms with E-state index in [0.717, 1.165) is 0 Å². The Bertz CT molecular complexity index is 586. The van der Waals surface area contributed by atoms with Gasteiger partial charge in [-0.05, 0) is 12.8 Å². The molecule has 1 atom stereocenters. The second-order valence-electron chi connectivity index (χ2n) is 3.98. The first-order valence-corrected chi connectivity index (χ1v) is 7.43. The van der Waals surface area contributed by atoms with Crippen molar-refractivity contribution in [2.45, 2.75) is 24.5 Å². The molecule has 1 unspecified atom stereocenters. The molecule has 0 fully saturated rings. The number of sulfonamides is 1. The lowest BCUT2D eigenvalue weighted by Crippen LogP contribution is -2.29. The van der Waals surface area contributed by atoms with Crippen LogP contribution in [0.1, 0.15) is 19.0 Å². The van der Waals surface area contributed by atoms with E-state index < -0.39 is 20.9 Å². The standard InChI is InChI=1S/C9H14N2O5S2/c1-5(3-7(12)13)4-10-18(15,16)8-6(2)11-9(14)17-8/h5,10H,3-4H2,1-2H3,(H,11,14)(H,12,13). The molecule has 0 saturated heterocycles. The highest BCUT2D eigenvalue weighted by Crippen LogP contribution is 2.15. The van der Waals surface area contributed by atoms with Crippen LogP contribution < -0.4 is 9.60 Å². The number of carbonyl (C=O) groups is 1. The molecule has 1 aromatic heterocycles. The van der Waals surface area contributed by atoms with E-state index in [1.165, 1.54) is 6.92 Å². The summed E-state index contributed by atoms with van der Waals surface area (Å²) in [4.78, 5) is 23.4. The lowest BCUT2D eigenvalue weighted by Gasteiger charge is -2.10. The Morgan fingerprint density at radius 3 is 2.61 bits per heavy atom. The fourth-order valence-electron chi connectivity index (χ4n) is 1.33. The molecule has 102 valence electrons. The van der Waals surface area contributed by atoms with Gasteiger partial charge in [0.05, 0.1) is 0 Å². The summed E-state index contributed by atoms with van der Waals surface area (Å²) in [5.41, 5.74) is 0.281. The van der Waals surface area contributed by atoms with E-state index in [0.29, 0.717) is 11.3 Å². The van der Waals surface area contributed by atoms with Gasteiger partial charge < -0.3 is 10.1 Å². The zero-order valence-corrected chi connectivity index (χ0v) is 11.5. The maximum absolute atomic E-state index is 11.8. The third kappa shape index (κ3) is 3.93. The zero-order valence-electron chi connectivity index (χ0n) is 9.89. The largest absolute Gasteiger partial charge is 0.481 e. The zero-order chi connectivity index (χ0) is 13.9. The van der Waals surface area contributed by atoms with Crippen molar-refractivity contribution in [3.05, 3.63) is 15.4 Å². The topological polar surface area (TPSA) is 116 Å². The van der Waals surface area contributed by atoms with E-state index >= 15 is 0 Å². The van der Waals surface area contributed by atoms with Crippen LogP contribution in [0.15, 0.2) is 9.00 Å². The van der Waals surface area contributed by atoms with Gasteiger partial charge in [0.1, 0.15) is 0 Å². The van der Waals surface area contributed by atoms with Gasteiger partial charge in [0, 0.05) is 18.7 Å². The number of aliphatic carboxylic acids is 1. The molecule has 1 heterocycles. The van der Waals surface area contributed by atoms with Crippen molar-refractivity contribution in [3.63, 3.8) is 0 Å². The van der Waals surface area contributed by atoms with Gasteiger partial charge in [-0.1, -0.05) is 18.3 Å².